The van der Waals surface area contributed by atoms with Gasteiger partial charge in [-0.3, -0.25) is 9.89 Å². The van der Waals surface area contributed by atoms with Gasteiger partial charge in [0.05, 0.1) is 11.7 Å². The fraction of sp³-hybridized carbons (Fsp3) is 0. The molecule has 0 fully saturated rings. The predicted octanol–water partition coefficient (Wildman–Crippen LogP) is 1.77. The van der Waals surface area contributed by atoms with E-state index in [-0.39, 0.29) is 0 Å². The van der Waals surface area contributed by atoms with Crippen LogP contribution in [-0.4, -0.2) is 16.5 Å². The highest BCUT2D eigenvalue weighted by Crippen LogP contribution is 2.13. The molecule has 0 atom stereocenters. The number of fused-ring (bicyclic) bond motifs is 1. The SMILES string of the molecule is O=CC=Cc1ccc2[nH]ncc2c1. The van der Waals surface area contributed by atoms with Crippen LogP contribution >= 0.6 is 0 Å². The van der Waals surface area contributed by atoms with Crippen molar-refractivity contribution in [3.8, 4) is 0 Å². The Morgan fingerprint density at radius 3 is 3.15 bits per heavy atom. The third kappa shape index (κ3) is 1.49. The summed E-state index contributed by atoms with van der Waals surface area (Å²) in [6.07, 6.45) is 5.76. The molecule has 1 aromatic carbocycles. The van der Waals surface area contributed by atoms with Crippen LogP contribution in [0.4, 0.5) is 0 Å². The molecule has 1 N–H and O–H groups in total. The van der Waals surface area contributed by atoms with Crippen LogP contribution in [0.5, 0.6) is 0 Å². The Kier molecular flexibility index (Phi) is 1.92. The van der Waals surface area contributed by atoms with E-state index in [1.807, 2.05) is 18.2 Å². The summed E-state index contributed by atoms with van der Waals surface area (Å²) in [5.41, 5.74) is 2.00. The average Bonchev–Trinajstić information content (AvgIpc) is 2.61. The molecule has 1 aromatic heterocycles. The van der Waals surface area contributed by atoms with Gasteiger partial charge in [0, 0.05) is 5.39 Å². The van der Waals surface area contributed by atoms with Crippen LogP contribution < -0.4 is 0 Å². The molecule has 0 spiro atoms. The molecule has 2 aromatic rings. The lowest BCUT2D eigenvalue weighted by molar-refractivity contribution is -0.104. The summed E-state index contributed by atoms with van der Waals surface area (Å²) in [5, 5.41) is 7.81. The zero-order valence-corrected chi connectivity index (χ0v) is 6.90. The molecular weight excluding hydrogens is 164 g/mol. The lowest BCUT2D eigenvalue weighted by atomic mass is 10.1. The van der Waals surface area contributed by atoms with E-state index in [1.165, 1.54) is 6.08 Å². The third-order valence-electron chi connectivity index (χ3n) is 1.83. The minimum atomic E-state index is 0.763. The van der Waals surface area contributed by atoms with Gasteiger partial charge in [0.1, 0.15) is 6.29 Å². The average molecular weight is 172 g/mol. The number of rotatable bonds is 2. The molecule has 3 nitrogen and oxygen atoms in total. The number of aromatic nitrogens is 2. The molecule has 64 valence electrons. The fourth-order valence-electron chi connectivity index (χ4n) is 1.22. The molecule has 13 heavy (non-hydrogen) atoms. The van der Waals surface area contributed by atoms with Crippen LogP contribution in [0.15, 0.2) is 30.5 Å². The molecule has 0 aliphatic rings. The minimum absolute atomic E-state index is 0.763. The first-order valence-electron chi connectivity index (χ1n) is 3.95. The van der Waals surface area contributed by atoms with Crippen molar-refractivity contribution in [3.05, 3.63) is 36.0 Å². The highest BCUT2D eigenvalue weighted by Gasteiger charge is 1.94. The Hall–Kier alpha value is -1.90. The van der Waals surface area contributed by atoms with E-state index in [9.17, 15) is 4.79 Å². The lowest BCUT2D eigenvalue weighted by Crippen LogP contribution is -1.72. The van der Waals surface area contributed by atoms with Crippen molar-refractivity contribution in [1.82, 2.24) is 10.2 Å². The quantitative estimate of drug-likeness (QED) is 0.554. The second kappa shape index (κ2) is 3.23. The van der Waals surface area contributed by atoms with Gasteiger partial charge in [0.2, 0.25) is 0 Å². The number of carbonyl (C=O) groups is 1. The minimum Gasteiger partial charge on any atom is -0.299 e. The van der Waals surface area contributed by atoms with Crippen LogP contribution in [0.1, 0.15) is 5.56 Å². The first kappa shape index (κ1) is 7.73. The molecule has 1 heterocycles. The first-order valence-corrected chi connectivity index (χ1v) is 3.95. The van der Waals surface area contributed by atoms with Crippen LogP contribution in [0.3, 0.4) is 0 Å². The number of aromatic amines is 1. The summed E-state index contributed by atoms with van der Waals surface area (Å²) in [6, 6.07) is 5.84. The van der Waals surface area contributed by atoms with E-state index in [4.69, 9.17) is 0 Å². The van der Waals surface area contributed by atoms with Gasteiger partial charge in [-0.25, -0.2) is 0 Å². The van der Waals surface area contributed by atoms with Crippen LogP contribution in [0.25, 0.3) is 17.0 Å². The smallest absolute Gasteiger partial charge is 0.142 e. The maximum Gasteiger partial charge on any atom is 0.142 e. The number of nitrogens with one attached hydrogen (secondary N) is 1. The molecule has 0 aliphatic heterocycles. The van der Waals surface area contributed by atoms with Crippen molar-refractivity contribution >= 4 is 23.3 Å². The number of hydrogen-bond donors (Lipinski definition) is 1. The highest BCUT2D eigenvalue weighted by atomic mass is 16.1. The van der Waals surface area contributed by atoms with Gasteiger partial charge in [-0.1, -0.05) is 12.1 Å². The molecule has 0 amide bonds. The van der Waals surface area contributed by atoms with Crippen molar-refractivity contribution in [2.24, 2.45) is 0 Å². The number of benzene rings is 1. The summed E-state index contributed by atoms with van der Waals surface area (Å²) in [4.78, 5) is 10.1. The summed E-state index contributed by atoms with van der Waals surface area (Å²) < 4.78 is 0. The zero-order valence-electron chi connectivity index (χ0n) is 6.90. The second-order valence-electron chi connectivity index (χ2n) is 2.71. The molecule has 3 heteroatoms. The largest absolute Gasteiger partial charge is 0.299 e. The van der Waals surface area contributed by atoms with Crippen molar-refractivity contribution in [1.29, 1.82) is 0 Å². The molecule has 0 aliphatic carbocycles. The Labute approximate surface area is 75.1 Å². The lowest BCUT2D eigenvalue weighted by Gasteiger charge is -1.91. The monoisotopic (exact) mass is 172 g/mol. The topological polar surface area (TPSA) is 45.8 Å². The second-order valence-corrected chi connectivity index (χ2v) is 2.71. The van der Waals surface area contributed by atoms with Gasteiger partial charge in [-0.2, -0.15) is 5.10 Å². The summed E-state index contributed by atoms with van der Waals surface area (Å²) >= 11 is 0. The molecular formula is C10H8N2O. The van der Waals surface area contributed by atoms with Crippen LogP contribution in [0, 0.1) is 0 Å². The van der Waals surface area contributed by atoms with Gasteiger partial charge in [0.25, 0.3) is 0 Å². The first-order chi connectivity index (χ1) is 6.40. The zero-order chi connectivity index (χ0) is 9.10. The van der Waals surface area contributed by atoms with Gasteiger partial charge < -0.3 is 0 Å². The van der Waals surface area contributed by atoms with E-state index >= 15 is 0 Å². The van der Waals surface area contributed by atoms with Gasteiger partial charge in [-0.05, 0) is 23.8 Å². The van der Waals surface area contributed by atoms with Crippen molar-refractivity contribution < 1.29 is 4.79 Å². The van der Waals surface area contributed by atoms with E-state index in [0.717, 1.165) is 22.8 Å². The highest BCUT2D eigenvalue weighted by molar-refractivity contribution is 5.82. The maximum absolute atomic E-state index is 10.1. The molecule has 0 unspecified atom stereocenters. The Bertz CT molecular complexity index is 457. The van der Waals surface area contributed by atoms with Crippen molar-refractivity contribution in [2.45, 2.75) is 0 Å². The number of nitrogens with zero attached hydrogens (tertiary/aromatic N) is 1. The van der Waals surface area contributed by atoms with Crippen molar-refractivity contribution in [2.75, 3.05) is 0 Å². The Balaban J connectivity index is 2.47. The predicted molar refractivity (Wildman–Crippen MR) is 51.2 cm³/mol. The van der Waals surface area contributed by atoms with E-state index < -0.39 is 0 Å². The standard InChI is InChI=1S/C10H8N2O/c13-5-1-2-8-3-4-10-9(6-8)7-11-12-10/h1-7H,(H,11,12). The van der Waals surface area contributed by atoms with Gasteiger partial charge in [-0.15, -0.1) is 0 Å². The summed E-state index contributed by atoms with van der Waals surface area (Å²) in [7, 11) is 0. The van der Waals surface area contributed by atoms with Gasteiger partial charge >= 0.3 is 0 Å². The normalized spacial score (nSPS) is 11.1. The molecule has 0 saturated heterocycles. The van der Waals surface area contributed by atoms with E-state index in [0.29, 0.717) is 0 Å². The number of allylic oxidation sites excluding steroid dienone is 1. The Morgan fingerprint density at radius 1 is 1.38 bits per heavy atom. The van der Waals surface area contributed by atoms with Crippen LogP contribution in [-0.2, 0) is 4.79 Å². The van der Waals surface area contributed by atoms with Crippen molar-refractivity contribution in [3.63, 3.8) is 0 Å². The van der Waals surface area contributed by atoms with E-state index in [1.54, 1.807) is 12.3 Å². The summed E-state index contributed by atoms with van der Waals surface area (Å²) in [5.74, 6) is 0. The maximum atomic E-state index is 10.1. The van der Waals surface area contributed by atoms with E-state index in [2.05, 4.69) is 10.2 Å². The molecule has 2 rings (SSSR count). The fourth-order valence-corrected chi connectivity index (χ4v) is 1.22. The third-order valence-corrected chi connectivity index (χ3v) is 1.83. The number of aldehydes is 1. The number of H-pyrrole nitrogens is 1. The molecule has 0 radical (unpaired) electrons. The Morgan fingerprint density at radius 2 is 2.31 bits per heavy atom. The van der Waals surface area contributed by atoms with Gasteiger partial charge in [0.15, 0.2) is 0 Å². The van der Waals surface area contributed by atoms with Crippen LogP contribution in [0.2, 0.25) is 0 Å². The molecule has 0 saturated carbocycles. The number of hydrogen-bond acceptors (Lipinski definition) is 2. The molecule has 0 bridgehead atoms. The summed E-state index contributed by atoms with van der Waals surface area (Å²) in [6.45, 7) is 0. The number of carbonyl (C=O) groups excluding carboxylic acids is 1.